The lowest BCUT2D eigenvalue weighted by Crippen LogP contribution is -2.15. The van der Waals surface area contributed by atoms with E-state index in [2.05, 4.69) is 165 Å². The second kappa shape index (κ2) is 9.46. The fraction of sp³-hybridized carbons (Fsp3) is 0.0732. The lowest BCUT2D eigenvalue weighted by Gasteiger charge is -2.23. The molecule has 0 atom stereocenters. The lowest BCUT2D eigenvalue weighted by molar-refractivity contribution is 0.661. The average molecular weight is 538 g/mol. The summed E-state index contributed by atoms with van der Waals surface area (Å²) in [6, 6.07) is 53.0. The molecule has 1 aliphatic carbocycles. The molecule has 0 saturated heterocycles. The van der Waals surface area contributed by atoms with E-state index >= 15 is 0 Å². The molecule has 1 nitrogen and oxygen atoms in total. The zero-order valence-corrected chi connectivity index (χ0v) is 23.9. The van der Waals surface area contributed by atoms with Gasteiger partial charge >= 0.3 is 0 Å². The third-order valence-corrected chi connectivity index (χ3v) is 9.04. The molecule has 0 unspecified atom stereocenters. The van der Waals surface area contributed by atoms with Crippen molar-refractivity contribution >= 4 is 32.9 Å². The molecule has 1 heteroatoms. The van der Waals surface area contributed by atoms with Gasteiger partial charge in [-0.15, -0.1) is 0 Å². The molecule has 1 aliphatic rings. The van der Waals surface area contributed by atoms with E-state index in [-0.39, 0.29) is 5.41 Å². The van der Waals surface area contributed by atoms with E-state index in [1.165, 1.54) is 66.1 Å². The third kappa shape index (κ3) is 3.93. The Labute approximate surface area is 247 Å². The number of fused-ring (bicyclic) bond motifs is 6. The second-order valence-electron chi connectivity index (χ2n) is 11.9. The molecule has 7 aromatic rings. The molecule has 0 bridgehead atoms. The highest BCUT2D eigenvalue weighted by molar-refractivity contribution is 6.13. The number of hydrogen-bond donors (Lipinski definition) is 1. The van der Waals surface area contributed by atoms with Gasteiger partial charge in [0, 0.05) is 16.8 Å². The van der Waals surface area contributed by atoms with Gasteiger partial charge in [-0.2, -0.15) is 0 Å². The Kier molecular flexibility index (Phi) is 5.55. The van der Waals surface area contributed by atoms with E-state index in [1.54, 1.807) is 0 Å². The van der Waals surface area contributed by atoms with Gasteiger partial charge in [0.05, 0.1) is 0 Å². The summed E-state index contributed by atoms with van der Waals surface area (Å²) in [6.45, 7) is 4.69. The summed E-state index contributed by atoms with van der Waals surface area (Å²) >= 11 is 0. The maximum Gasteiger partial charge on any atom is 0.0387 e. The van der Waals surface area contributed by atoms with E-state index in [9.17, 15) is 0 Å². The van der Waals surface area contributed by atoms with Gasteiger partial charge in [-0.3, -0.25) is 0 Å². The molecular formula is C41H31N. The van der Waals surface area contributed by atoms with Crippen molar-refractivity contribution in [2.75, 3.05) is 5.32 Å². The van der Waals surface area contributed by atoms with Crippen LogP contribution < -0.4 is 5.32 Å². The number of hydrogen-bond acceptors (Lipinski definition) is 1. The van der Waals surface area contributed by atoms with Gasteiger partial charge in [0.25, 0.3) is 0 Å². The van der Waals surface area contributed by atoms with Crippen LogP contribution in [-0.2, 0) is 5.41 Å². The first-order valence-corrected chi connectivity index (χ1v) is 14.7. The van der Waals surface area contributed by atoms with Gasteiger partial charge in [0.2, 0.25) is 0 Å². The Morgan fingerprint density at radius 1 is 0.405 bits per heavy atom. The quantitative estimate of drug-likeness (QED) is 0.220. The monoisotopic (exact) mass is 537 g/mol. The smallest absolute Gasteiger partial charge is 0.0387 e. The zero-order chi connectivity index (χ0) is 28.3. The summed E-state index contributed by atoms with van der Waals surface area (Å²) in [5.74, 6) is 0. The second-order valence-corrected chi connectivity index (χ2v) is 11.9. The van der Waals surface area contributed by atoms with Crippen LogP contribution in [0.3, 0.4) is 0 Å². The molecule has 42 heavy (non-hydrogen) atoms. The van der Waals surface area contributed by atoms with Crippen LogP contribution in [-0.4, -0.2) is 0 Å². The van der Waals surface area contributed by atoms with E-state index in [0.29, 0.717) is 0 Å². The molecule has 0 aromatic heterocycles. The molecule has 200 valence electrons. The Morgan fingerprint density at radius 2 is 1.00 bits per heavy atom. The predicted octanol–water partition coefficient (Wildman–Crippen LogP) is 11.4. The highest BCUT2D eigenvalue weighted by Crippen LogP contribution is 2.50. The maximum atomic E-state index is 3.68. The van der Waals surface area contributed by atoms with Crippen LogP contribution >= 0.6 is 0 Å². The van der Waals surface area contributed by atoms with Crippen LogP contribution in [0.5, 0.6) is 0 Å². The first-order valence-electron chi connectivity index (χ1n) is 14.7. The topological polar surface area (TPSA) is 12.0 Å². The van der Waals surface area contributed by atoms with Crippen LogP contribution in [0.2, 0.25) is 0 Å². The first-order chi connectivity index (χ1) is 20.6. The molecule has 0 saturated carbocycles. The third-order valence-electron chi connectivity index (χ3n) is 9.04. The van der Waals surface area contributed by atoms with Gasteiger partial charge < -0.3 is 5.32 Å². The number of benzene rings is 7. The van der Waals surface area contributed by atoms with Crippen LogP contribution in [0.1, 0.15) is 25.0 Å². The van der Waals surface area contributed by atoms with Crippen LogP contribution in [0.15, 0.2) is 146 Å². The molecule has 8 rings (SSSR count). The van der Waals surface area contributed by atoms with Crippen LogP contribution in [0, 0.1) is 0 Å². The fourth-order valence-corrected chi connectivity index (χ4v) is 6.82. The predicted molar refractivity (Wildman–Crippen MR) is 180 cm³/mol. The Bertz CT molecular complexity index is 2120. The SMILES string of the molecule is CC1(C)c2cc(Nc3ccc(-c4cc5ccccc5c5ccccc45)cc3)ccc2-c2ccc(-c3ccccc3)cc21. The summed E-state index contributed by atoms with van der Waals surface area (Å²) in [6.07, 6.45) is 0. The number of anilines is 2. The summed E-state index contributed by atoms with van der Waals surface area (Å²) in [7, 11) is 0. The highest BCUT2D eigenvalue weighted by Gasteiger charge is 2.35. The Balaban J connectivity index is 1.11. The minimum atomic E-state index is -0.0753. The standard InChI is InChI=1S/C41H31N/c1-41(2)39-25-29(27-10-4-3-5-11-27)18-22-36(39)37-23-21-32(26-40(37)41)42-31-19-16-28(17-20-31)38-24-30-12-6-7-13-33(30)34-14-8-9-15-35(34)38/h3-26,42H,1-2H3. The molecular weight excluding hydrogens is 506 g/mol. The minimum Gasteiger partial charge on any atom is -0.356 e. The van der Waals surface area contributed by atoms with Gasteiger partial charge in [-0.05, 0) is 102 Å². The highest BCUT2D eigenvalue weighted by atomic mass is 14.9. The van der Waals surface area contributed by atoms with Crippen molar-refractivity contribution in [3.8, 4) is 33.4 Å². The van der Waals surface area contributed by atoms with Gasteiger partial charge in [0.15, 0.2) is 0 Å². The van der Waals surface area contributed by atoms with E-state index < -0.39 is 0 Å². The summed E-state index contributed by atoms with van der Waals surface area (Å²) < 4.78 is 0. The molecule has 0 spiro atoms. The molecule has 0 fully saturated rings. The van der Waals surface area contributed by atoms with Crippen LogP contribution in [0.4, 0.5) is 11.4 Å². The Hall–Kier alpha value is -5.14. The van der Waals surface area contributed by atoms with E-state index in [0.717, 1.165) is 11.4 Å². The van der Waals surface area contributed by atoms with Gasteiger partial charge in [-0.25, -0.2) is 0 Å². The van der Waals surface area contributed by atoms with E-state index in [4.69, 9.17) is 0 Å². The number of rotatable bonds is 4. The minimum absolute atomic E-state index is 0.0753. The van der Waals surface area contributed by atoms with Crippen molar-refractivity contribution < 1.29 is 0 Å². The first kappa shape index (κ1) is 24.6. The van der Waals surface area contributed by atoms with E-state index in [1.807, 2.05) is 0 Å². The molecule has 0 heterocycles. The fourth-order valence-electron chi connectivity index (χ4n) is 6.82. The summed E-state index contributed by atoms with van der Waals surface area (Å²) in [4.78, 5) is 0. The van der Waals surface area contributed by atoms with Crippen molar-refractivity contribution in [3.05, 3.63) is 157 Å². The zero-order valence-electron chi connectivity index (χ0n) is 23.9. The van der Waals surface area contributed by atoms with Crippen molar-refractivity contribution in [2.24, 2.45) is 0 Å². The molecule has 0 aliphatic heterocycles. The van der Waals surface area contributed by atoms with Crippen LogP contribution in [0.25, 0.3) is 54.9 Å². The normalized spacial score (nSPS) is 13.2. The van der Waals surface area contributed by atoms with Crippen molar-refractivity contribution in [1.82, 2.24) is 0 Å². The maximum absolute atomic E-state index is 3.68. The van der Waals surface area contributed by atoms with Crippen molar-refractivity contribution in [2.45, 2.75) is 19.3 Å². The molecule has 0 radical (unpaired) electrons. The van der Waals surface area contributed by atoms with Gasteiger partial charge in [0.1, 0.15) is 0 Å². The largest absolute Gasteiger partial charge is 0.356 e. The Morgan fingerprint density at radius 3 is 1.79 bits per heavy atom. The van der Waals surface area contributed by atoms with Gasteiger partial charge in [-0.1, -0.05) is 123 Å². The summed E-state index contributed by atoms with van der Waals surface area (Å²) in [5, 5.41) is 8.83. The lowest BCUT2D eigenvalue weighted by atomic mass is 9.81. The molecule has 1 N–H and O–H groups in total. The average Bonchev–Trinajstić information content (AvgIpc) is 3.27. The molecule has 7 aromatic carbocycles. The molecule has 0 amide bonds. The number of nitrogens with one attached hydrogen (secondary N) is 1. The van der Waals surface area contributed by atoms with Crippen molar-refractivity contribution in [1.29, 1.82) is 0 Å². The van der Waals surface area contributed by atoms with Crippen molar-refractivity contribution in [3.63, 3.8) is 0 Å². The summed E-state index contributed by atoms with van der Waals surface area (Å²) in [5.41, 5.74) is 12.6.